The summed E-state index contributed by atoms with van der Waals surface area (Å²) < 4.78 is 39.3. The molecule has 0 saturated carbocycles. The minimum Gasteiger partial charge on any atom is -0.506 e. The van der Waals surface area contributed by atoms with Gasteiger partial charge in [0.05, 0.1) is 12.2 Å². The van der Waals surface area contributed by atoms with Gasteiger partial charge in [-0.2, -0.15) is 0 Å². The molecule has 2 N–H and O–H groups in total. The molecule has 100 valence electrons. The van der Waals surface area contributed by atoms with Crippen LogP contribution in [0.3, 0.4) is 0 Å². The molecule has 0 fully saturated rings. The van der Waals surface area contributed by atoms with Gasteiger partial charge in [-0.25, -0.2) is 13.2 Å². The Morgan fingerprint density at radius 1 is 1.21 bits per heavy atom. The van der Waals surface area contributed by atoms with Crippen molar-refractivity contribution in [2.75, 3.05) is 5.32 Å². The van der Waals surface area contributed by atoms with Crippen molar-refractivity contribution in [3.8, 4) is 5.75 Å². The molecular weight excluding hydrogens is 257 g/mol. The van der Waals surface area contributed by atoms with Crippen molar-refractivity contribution in [3.05, 3.63) is 53.1 Å². The van der Waals surface area contributed by atoms with E-state index in [9.17, 15) is 18.3 Å². The molecule has 0 aliphatic rings. The number of halogens is 3. The summed E-state index contributed by atoms with van der Waals surface area (Å²) in [5.41, 5.74) is 0.616. The van der Waals surface area contributed by atoms with Gasteiger partial charge in [-0.3, -0.25) is 4.98 Å². The number of anilines is 1. The first-order valence-corrected chi connectivity index (χ1v) is 5.51. The van der Waals surface area contributed by atoms with Crippen molar-refractivity contribution >= 4 is 5.69 Å². The molecule has 1 heterocycles. The minimum atomic E-state index is -1.27. The van der Waals surface area contributed by atoms with Gasteiger partial charge in [-0.05, 0) is 19.1 Å². The fourth-order valence-electron chi connectivity index (χ4n) is 1.60. The number of benzene rings is 1. The molecule has 0 atom stereocenters. The highest BCUT2D eigenvalue weighted by molar-refractivity contribution is 5.46. The number of rotatable bonds is 3. The Bertz CT molecular complexity index is 617. The molecule has 0 unspecified atom stereocenters. The molecule has 0 radical (unpaired) electrons. The van der Waals surface area contributed by atoms with Crippen LogP contribution in [0.15, 0.2) is 24.3 Å². The Balaban J connectivity index is 2.21. The van der Waals surface area contributed by atoms with Gasteiger partial charge < -0.3 is 10.4 Å². The number of hydrogen-bond donors (Lipinski definition) is 2. The smallest absolute Gasteiger partial charge is 0.182 e. The summed E-state index contributed by atoms with van der Waals surface area (Å²) in [5, 5.41) is 12.0. The van der Waals surface area contributed by atoms with Gasteiger partial charge in [0.2, 0.25) is 0 Å². The van der Waals surface area contributed by atoms with Crippen LogP contribution in [-0.4, -0.2) is 10.1 Å². The van der Waals surface area contributed by atoms with E-state index in [0.29, 0.717) is 11.8 Å². The van der Waals surface area contributed by atoms with Crippen LogP contribution >= 0.6 is 0 Å². The van der Waals surface area contributed by atoms with Crippen LogP contribution in [0.1, 0.15) is 11.4 Å². The summed E-state index contributed by atoms with van der Waals surface area (Å²) in [4.78, 5) is 4.04. The van der Waals surface area contributed by atoms with E-state index >= 15 is 0 Å². The second kappa shape index (κ2) is 5.17. The van der Waals surface area contributed by atoms with E-state index < -0.39 is 17.5 Å². The van der Waals surface area contributed by atoms with Crippen molar-refractivity contribution in [3.63, 3.8) is 0 Å². The van der Waals surface area contributed by atoms with E-state index in [0.717, 1.165) is 6.07 Å². The number of aromatic hydroxyl groups is 1. The number of nitrogens with one attached hydrogen (secondary N) is 1. The van der Waals surface area contributed by atoms with Gasteiger partial charge in [0.15, 0.2) is 11.6 Å². The summed E-state index contributed by atoms with van der Waals surface area (Å²) in [6.45, 7) is 1.68. The van der Waals surface area contributed by atoms with Crippen LogP contribution in [0.25, 0.3) is 0 Å². The Morgan fingerprint density at radius 2 is 1.95 bits per heavy atom. The quantitative estimate of drug-likeness (QED) is 0.841. The molecule has 0 bridgehead atoms. The molecule has 2 aromatic rings. The van der Waals surface area contributed by atoms with Crippen LogP contribution < -0.4 is 5.32 Å². The Hall–Kier alpha value is -2.24. The molecule has 1 aromatic heterocycles. The fraction of sp³-hybridized carbons (Fsp3) is 0.154. The average Bonchev–Trinajstić information content (AvgIpc) is 2.35. The van der Waals surface area contributed by atoms with Gasteiger partial charge in [0, 0.05) is 17.8 Å². The third kappa shape index (κ3) is 2.96. The molecule has 0 aliphatic carbocycles. The predicted molar refractivity (Wildman–Crippen MR) is 64.3 cm³/mol. The highest BCUT2D eigenvalue weighted by Gasteiger charge is 2.11. The molecule has 6 heteroatoms. The standard InChI is InChI=1S/C13H11F3N2O/c1-7-2-3-12(19)11(18-7)6-17-10-5-8(14)4-9(15)13(10)16/h2-5,17,19H,6H2,1H3. The number of hydrogen-bond acceptors (Lipinski definition) is 3. The highest BCUT2D eigenvalue weighted by Crippen LogP contribution is 2.21. The second-order valence-corrected chi connectivity index (χ2v) is 4.02. The lowest BCUT2D eigenvalue weighted by atomic mass is 10.2. The largest absolute Gasteiger partial charge is 0.506 e. The van der Waals surface area contributed by atoms with Gasteiger partial charge in [-0.1, -0.05) is 0 Å². The number of aryl methyl sites for hydroxylation is 1. The van der Waals surface area contributed by atoms with Crippen LogP contribution in [0, 0.1) is 24.4 Å². The van der Waals surface area contributed by atoms with E-state index in [1.54, 1.807) is 13.0 Å². The molecule has 0 amide bonds. The van der Waals surface area contributed by atoms with Crippen molar-refractivity contribution in [1.82, 2.24) is 4.98 Å². The fourth-order valence-corrected chi connectivity index (χ4v) is 1.60. The topological polar surface area (TPSA) is 45.1 Å². The third-order valence-corrected chi connectivity index (χ3v) is 2.53. The van der Waals surface area contributed by atoms with E-state index in [1.165, 1.54) is 6.07 Å². The maximum Gasteiger partial charge on any atom is 0.182 e. The lowest BCUT2D eigenvalue weighted by Gasteiger charge is -2.09. The van der Waals surface area contributed by atoms with Crippen molar-refractivity contribution in [1.29, 1.82) is 0 Å². The van der Waals surface area contributed by atoms with Crippen LogP contribution in [0.4, 0.5) is 18.9 Å². The van der Waals surface area contributed by atoms with Crippen LogP contribution in [0.2, 0.25) is 0 Å². The van der Waals surface area contributed by atoms with Crippen molar-refractivity contribution in [2.45, 2.75) is 13.5 Å². The molecular formula is C13H11F3N2O. The van der Waals surface area contributed by atoms with Gasteiger partial charge >= 0.3 is 0 Å². The van der Waals surface area contributed by atoms with E-state index in [2.05, 4.69) is 10.3 Å². The summed E-state index contributed by atoms with van der Waals surface area (Å²) in [6, 6.07) is 4.36. The molecule has 0 aliphatic heterocycles. The zero-order chi connectivity index (χ0) is 14.0. The van der Waals surface area contributed by atoms with E-state index in [-0.39, 0.29) is 23.7 Å². The summed E-state index contributed by atoms with van der Waals surface area (Å²) in [6.07, 6.45) is 0. The molecule has 0 saturated heterocycles. The number of nitrogens with zero attached hydrogens (tertiary/aromatic N) is 1. The van der Waals surface area contributed by atoms with Crippen molar-refractivity contribution < 1.29 is 18.3 Å². The van der Waals surface area contributed by atoms with Crippen LogP contribution in [0.5, 0.6) is 5.75 Å². The normalized spacial score (nSPS) is 10.5. The molecule has 3 nitrogen and oxygen atoms in total. The van der Waals surface area contributed by atoms with E-state index in [1.807, 2.05) is 0 Å². The maximum absolute atomic E-state index is 13.4. The highest BCUT2D eigenvalue weighted by atomic mass is 19.2. The first kappa shape index (κ1) is 13.2. The maximum atomic E-state index is 13.4. The Labute approximate surface area is 107 Å². The minimum absolute atomic E-state index is 0.0483. The number of aromatic nitrogens is 1. The van der Waals surface area contributed by atoms with Crippen molar-refractivity contribution in [2.24, 2.45) is 0 Å². The zero-order valence-electron chi connectivity index (χ0n) is 10.0. The zero-order valence-corrected chi connectivity index (χ0v) is 10.0. The van der Waals surface area contributed by atoms with Crippen LogP contribution in [-0.2, 0) is 6.54 Å². The summed E-state index contributed by atoms with van der Waals surface area (Å²) >= 11 is 0. The summed E-state index contributed by atoms with van der Waals surface area (Å²) in [5.74, 6) is -3.41. The molecule has 0 spiro atoms. The molecule has 1 aromatic carbocycles. The molecule has 2 rings (SSSR count). The SMILES string of the molecule is Cc1ccc(O)c(CNc2cc(F)cc(F)c2F)n1. The molecule has 19 heavy (non-hydrogen) atoms. The number of pyridine rings is 1. The lowest BCUT2D eigenvalue weighted by molar-refractivity contribution is 0.464. The summed E-state index contributed by atoms with van der Waals surface area (Å²) in [7, 11) is 0. The van der Waals surface area contributed by atoms with Gasteiger partial charge in [0.25, 0.3) is 0 Å². The van der Waals surface area contributed by atoms with Gasteiger partial charge in [-0.15, -0.1) is 0 Å². The van der Waals surface area contributed by atoms with E-state index in [4.69, 9.17) is 0 Å². The second-order valence-electron chi connectivity index (χ2n) is 4.02. The Morgan fingerprint density at radius 3 is 2.68 bits per heavy atom. The third-order valence-electron chi connectivity index (χ3n) is 2.53. The monoisotopic (exact) mass is 268 g/mol. The first-order chi connectivity index (χ1) is 8.97. The average molecular weight is 268 g/mol. The first-order valence-electron chi connectivity index (χ1n) is 5.51. The van der Waals surface area contributed by atoms with Gasteiger partial charge in [0.1, 0.15) is 17.3 Å². The lowest BCUT2D eigenvalue weighted by Crippen LogP contribution is -2.06. The predicted octanol–water partition coefficient (Wildman–Crippen LogP) is 3.13. The Kier molecular flexibility index (Phi) is 3.59.